The Labute approximate surface area is 199 Å². The molecule has 0 saturated heterocycles. The molecule has 37 heavy (non-hydrogen) atoms. The largest absolute Gasteiger partial charge is 0.384 e. The van der Waals surface area contributed by atoms with Gasteiger partial charge < -0.3 is 5.73 Å². The molecular weight excluding hydrogens is 537 g/mol. The van der Waals surface area contributed by atoms with E-state index in [1.165, 1.54) is 0 Å². The second kappa shape index (κ2) is 7.77. The fourth-order valence-electron chi connectivity index (χ4n) is 4.22. The van der Waals surface area contributed by atoms with E-state index in [-0.39, 0.29) is 23.3 Å². The summed E-state index contributed by atoms with van der Waals surface area (Å²) in [6.07, 6.45) is 0. The highest BCUT2D eigenvalue weighted by atomic mass is 19.4. The maximum absolute atomic E-state index is 15.5. The number of hydrogen-bond donors (Lipinski definition) is 1. The number of halogens is 11. The molecule has 0 spiro atoms. The van der Waals surface area contributed by atoms with Gasteiger partial charge in [0.2, 0.25) is 5.91 Å². The van der Waals surface area contributed by atoms with Crippen LogP contribution < -0.4 is 5.73 Å². The molecule has 1 aliphatic carbocycles. The number of carbonyl (C=O) groups is 1. The molecule has 0 unspecified atom stereocenters. The summed E-state index contributed by atoms with van der Waals surface area (Å²) in [6, 6.07) is 2.57. The van der Waals surface area contributed by atoms with Crippen LogP contribution in [0.2, 0.25) is 0 Å². The van der Waals surface area contributed by atoms with E-state index < -0.39 is 74.1 Å². The third kappa shape index (κ3) is 3.19. The number of primary amides is 1. The van der Waals surface area contributed by atoms with E-state index in [4.69, 9.17) is 5.73 Å². The Morgan fingerprint density at radius 1 is 0.757 bits per heavy atom. The lowest BCUT2D eigenvalue weighted by Gasteiger charge is -2.52. The monoisotopic (exact) mass is 550 g/mol. The minimum atomic E-state index is -7.35. The fraction of sp³-hybridized carbons (Fsp3) is 0.381. The fourth-order valence-corrected chi connectivity index (χ4v) is 4.22. The molecule has 0 heterocycles. The number of hydrogen-bond acceptors (Lipinski definition) is 3. The van der Waals surface area contributed by atoms with Crippen molar-refractivity contribution in [1.29, 1.82) is 0 Å². The van der Waals surface area contributed by atoms with Crippen molar-refractivity contribution in [3.05, 3.63) is 62.7 Å². The summed E-state index contributed by atoms with van der Waals surface area (Å²) in [5, 5.41) is 11.5. The zero-order valence-electron chi connectivity index (χ0n) is 18.3. The topological polar surface area (TPSA) is 86.2 Å². The molecule has 1 aliphatic rings. The summed E-state index contributed by atoms with van der Waals surface area (Å²) in [7, 11) is 0. The molecule has 2 N–H and O–H groups in total. The molecule has 0 bridgehead atoms. The van der Waals surface area contributed by atoms with Crippen molar-refractivity contribution in [1.82, 2.24) is 0 Å². The van der Waals surface area contributed by atoms with Gasteiger partial charge in [-0.15, -0.1) is 0 Å². The number of amides is 1. The van der Waals surface area contributed by atoms with E-state index >= 15 is 4.39 Å². The molecule has 2 aromatic rings. The first-order chi connectivity index (χ1) is 16.5. The molecule has 1 saturated carbocycles. The van der Waals surface area contributed by atoms with Crippen molar-refractivity contribution >= 4 is 11.6 Å². The van der Waals surface area contributed by atoms with Crippen LogP contribution in [0.25, 0.3) is 11.1 Å². The van der Waals surface area contributed by atoms with Crippen LogP contribution >= 0.6 is 0 Å². The Hall–Kier alpha value is -3.46. The van der Waals surface area contributed by atoms with Gasteiger partial charge in [-0.2, -0.15) is 43.9 Å². The SMILES string of the molecule is Cc1cc(C2(F)C(F)(F)C(F)(F)C(F)(F)C(F)(F)C2(F)F)cc(C)c1-c1ccc(C(N)=O)cc1[N+](=O)[O-]. The molecule has 0 aromatic heterocycles. The van der Waals surface area contributed by atoms with Gasteiger partial charge in [0.15, 0.2) is 0 Å². The Bertz CT molecular complexity index is 1270. The Morgan fingerprint density at radius 3 is 1.54 bits per heavy atom. The van der Waals surface area contributed by atoms with E-state index in [0.29, 0.717) is 6.07 Å². The molecule has 5 nitrogen and oxygen atoms in total. The zero-order chi connectivity index (χ0) is 28.7. The first-order valence-corrected chi connectivity index (χ1v) is 9.80. The zero-order valence-corrected chi connectivity index (χ0v) is 18.3. The van der Waals surface area contributed by atoms with Gasteiger partial charge in [0, 0.05) is 17.2 Å². The Morgan fingerprint density at radius 2 is 1.16 bits per heavy atom. The molecule has 1 amide bonds. The molecule has 3 rings (SSSR count). The van der Waals surface area contributed by atoms with Crippen molar-refractivity contribution in [2.24, 2.45) is 5.73 Å². The molecule has 2 aromatic carbocycles. The first-order valence-electron chi connectivity index (χ1n) is 9.80. The molecule has 16 heteroatoms. The van der Waals surface area contributed by atoms with E-state index in [1.807, 2.05) is 0 Å². The van der Waals surface area contributed by atoms with Crippen LogP contribution in [0.3, 0.4) is 0 Å². The van der Waals surface area contributed by atoms with Gasteiger partial charge in [0.05, 0.1) is 10.5 Å². The molecular formula is C21H13F11N2O3. The summed E-state index contributed by atoms with van der Waals surface area (Å²) < 4.78 is 156. The van der Waals surface area contributed by atoms with Crippen molar-refractivity contribution in [3.63, 3.8) is 0 Å². The highest BCUT2D eigenvalue weighted by Crippen LogP contribution is 2.72. The number of benzene rings is 2. The summed E-state index contributed by atoms with van der Waals surface area (Å²) in [5.74, 6) is -37.1. The number of rotatable bonds is 4. The number of nitro groups is 1. The predicted molar refractivity (Wildman–Crippen MR) is 104 cm³/mol. The Balaban J connectivity index is 2.36. The molecule has 1 fully saturated rings. The van der Waals surface area contributed by atoms with Gasteiger partial charge in [-0.25, -0.2) is 4.39 Å². The Kier molecular flexibility index (Phi) is 5.91. The van der Waals surface area contributed by atoms with E-state index in [2.05, 4.69) is 0 Å². The van der Waals surface area contributed by atoms with E-state index in [9.17, 15) is 58.8 Å². The predicted octanol–water partition coefficient (Wildman–Crippen LogP) is 6.33. The van der Waals surface area contributed by atoms with Crippen LogP contribution in [0.1, 0.15) is 27.0 Å². The van der Waals surface area contributed by atoms with Crippen LogP contribution in [0.15, 0.2) is 30.3 Å². The molecule has 0 aliphatic heterocycles. The third-order valence-electron chi connectivity index (χ3n) is 6.12. The first kappa shape index (κ1) is 28.1. The highest BCUT2D eigenvalue weighted by molar-refractivity contribution is 5.95. The lowest BCUT2D eigenvalue weighted by atomic mass is 9.68. The minimum Gasteiger partial charge on any atom is -0.366 e. The second-order valence-electron chi connectivity index (χ2n) is 8.37. The molecule has 0 atom stereocenters. The van der Waals surface area contributed by atoms with Crippen molar-refractivity contribution < 1.29 is 58.0 Å². The van der Waals surface area contributed by atoms with E-state index in [1.54, 1.807) is 0 Å². The van der Waals surface area contributed by atoms with Crippen molar-refractivity contribution in [3.8, 4) is 11.1 Å². The smallest absolute Gasteiger partial charge is 0.366 e. The number of alkyl halides is 11. The standard InChI is InChI=1S/C21H13F11N2O3/c1-8-5-11(6-9(2)14(8)12-4-3-10(15(33)35)7-13(12)34(36)37)16(22)17(23,24)19(27,28)21(31,32)20(29,30)18(16,25)26/h3-7H,1-2H3,(H2,33,35). The summed E-state index contributed by atoms with van der Waals surface area (Å²) >= 11 is 0. The number of nitro benzene ring substituents is 1. The van der Waals surface area contributed by atoms with Crippen LogP contribution in [-0.2, 0) is 5.67 Å². The molecule has 0 radical (unpaired) electrons. The number of nitrogens with zero attached hydrogens (tertiary/aromatic N) is 1. The van der Waals surface area contributed by atoms with Crippen LogP contribution in [0, 0.1) is 24.0 Å². The lowest BCUT2D eigenvalue weighted by Crippen LogP contribution is -2.82. The third-order valence-corrected chi connectivity index (χ3v) is 6.12. The van der Waals surface area contributed by atoms with Gasteiger partial charge in [-0.1, -0.05) is 12.1 Å². The van der Waals surface area contributed by atoms with Gasteiger partial charge in [-0.05, 0) is 42.7 Å². The maximum Gasteiger partial charge on any atom is 0.384 e. The van der Waals surface area contributed by atoms with Crippen LogP contribution in [0.4, 0.5) is 54.0 Å². The lowest BCUT2D eigenvalue weighted by molar-refractivity contribution is -0.489. The highest BCUT2D eigenvalue weighted by Gasteiger charge is 3.01. The van der Waals surface area contributed by atoms with Crippen molar-refractivity contribution in [2.75, 3.05) is 0 Å². The van der Waals surface area contributed by atoms with E-state index in [0.717, 1.165) is 26.0 Å². The van der Waals surface area contributed by atoms with Crippen LogP contribution in [-0.4, -0.2) is 40.4 Å². The van der Waals surface area contributed by atoms with Gasteiger partial charge in [-0.3, -0.25) is 14.9 Å². The van der Waals surface area contributed by atoms with Crippen LogP contribution in [0.5, 0.6) is 0 Å². The van der Waals surface area contributed by atoms with Gasteiger partial charge in [0.1, 0.15) is 0 Å². The average molecular weight is 550 g/mol. The summed E-state index contributed by atoms with van der Waals surface area (Å²) in [5.41, 5.74) is -6.67. The van der Waals surface area contributed by atoms with Gasteiger partial charge >= 0.3 is 29.6 Å². The number of aryl methyl sites for hydroxylation is 2. The number of nitrogens with two attached hydrogens (primary N) is 1. The number of carbonyl (C=O) groups excluding carboxylic acids is 1. The molecule has 202 valence electrons. The summed E-state index contributed by atoms with van der Waals surface area (Å²) in [6.45, 7) is 1.70. The normalized spacial score (nSPS) is 22.3. The van der Waals surface area contributed by atoms with Crippen molar-refractivity contribution in [2.45, 2.75) is 49.1 Å². The average Bonchev–Trinajstić information content (AvgIpc) is 2.76. The quantitative estimate of drug-likeness (QED) is 0.274. The van der Waals surface area contributed by atoms with Gasteiger partial charge in [0.25, 0.3) is 11.4 Å². The maximum atomic E-state index is 15.5. The summed E-state index contributed by atoms with van der Waals surface area (Å²) in [4.78, 5) is 21.8. The second-order valence-corrected chi connectivity index (χ2v) is 8.37. The minimum absolute atomic E-state index is 0.00843.